The molecule has 2 aromatic heterocycles. The lowest BCUT2D eigenvalue weighted by Crippen LogP contribution is -2.36. The molecule has 5 rings (SSSR count). The molecule has 8 heteroatoms. The highest BCUT2D eigenvalue weighted by Gasteiger charge is 2.18. The van der Waals surface area contributed by atoms with E-state index < -0.39 is 0 Å². The van der Waals surface area contributed by atoms with E-state index in [2.05, 4.69) is 46.6 Å². The van der Waals surface area contributed by atoms with Crippen LogP contribution in [0.1, 0.15) is 51.0 Å². The summed E-state index contributed by atoms with van der Waals surface area (Å²) in [5.74, 6) is 0.551. The molecule has 42 heavy (non-hydrogen) atoms. The Morgan fingerprint density at radius 1 is 1.10 bits per heavy atom. The third-order valence-electron chi connectivity index (χ3n) is 7.68. The number of morpholine rings is 1. The number of aryl methyl sites for hydroxylation is 1. The van der Waals surface area contributed by atoms with E-state index in [-0.39, 0.29) is 11.3 Å². The quantitative estimate of drug-likeness (QED) is 0.220. The Morgan fingerprint density at radius 3 is 2.64 bits per heavy atom. The van der Waals surface area contributed by atoms with Gasteiger partial charge in [-0.2, -0.15) is 0 Å². The molecule has 3 aromatic rings. The highest BCUT2D eigenvalue weighted by Crippen LogP contribution is 2.35. The molecular weight excluding hydrogens is 546 g/mol. The van der Waals surface area contributed by atoms with E-state index in [4.69, 9.17) is 14.1 Å². The van der Waals surface area contributed by atoms with Crippen molar-refractivity contribution in [1.29, 1.82) is 0 Å². The van der Waals surface area contributed by atoms with E-state index in [1.165, 1.54) is 16.9 Å². The van der Waals surface area contributed by atoms with Gasteiger partial charge in [-0.1, -0.05) is 36.4 Å². The fourth-order valence-corrected chi connectivity index (χ4v) is 6.16. The second-order valence-electron chi connectivity index (χ2n) is 10.8. The highest BCUT2D eigenvalue weighted by molar-refractivity contribution is 7.17. The number of likely N-dealkylation sites (N-methyl/N-ethyl adjacent to an activating group) is 1. The smallest absolute Gasteiger partial charge is 0.246 e. The Labute approximate surface area is 251 Å². The van der Waals surface area contributed by atoms with Crippen LogP contribution in [0, 0.1) is 0 Å². The first-order chi connectivity index (χ1) is 20.5. The molecule has 0 saturated carbocycles. The second-order valence-corrected chi connectivity index (χ2v) is 11.6. The maximum Gasteiger partial charge on any atom is 0.246 e. The summed E-state index contributed by atoms with van der Waals surface area (Å²) in [5.41, 5.74) is 6.77. The first-order valence-electron chi connectivity index (χ1n) is 14.8. The minimum atomic E-state index is -0.0684. The number of rotatable bonds is 9. The van der Waals surface area contributed by atoms with E-state index >= 15 is 0 Å². The van der Waals surface area contributed by atoms with E-state index in [1.807, 2.05) is 24.6 Å². The van der Waals surface area contributed by atoms with Gasteiger partial charge in [0.25, 0.3) is 0 Å². The van der Waals surface area contributed by atoms with Crippen molar-refractivity contribution >= 4 is 39.6 Å². The fourth-order valence-electron chi connectivity index (χ4n) is 5.25. The largest absolute Gasteiger partial charge is 0.439 e. The average Bonchev–Trinajstić information content (AvgIpc) is 3.49. The van der Waals surface area contributed by atoms with Crippen LogP contribution in [0.25, 0.3) is 21.4 Å². The Bertz CT molecular complexity index is 1570. The van der Waals surface area contributed by atoms with Gasteiger partial charge in [-0.3, -0.25) is 14.6 Å². The number of fused-ring (bicyclic) bond motifs is 1. The number of allylic oxidation sites excluding steroid dienone is 5. The molecule has 2 aliphatic rings. The van der Waals surface area contributed by atoms with Crippen molar-refractivity contribution in [3.8, 4) is 11.1 Å². The molecule has 4 heterocycles. The van der Waals surface area contributed by atoms with Crippen molar-refractivity contribution in [2.75, 3.05) is 38.3 Å². The maximum atomic E-state index is 12.8. The standard InChI is InChI=1S/C34H39N3O4S/c1-24(34(39)35-2)20-26-9-4-3-5-10-28(36-22-26)11-7-6-8-25-12-14-27(15-13-25)29-23-42-33-30(38)21-31(41-32(29)33)37-16-18-40-19-17-37/h9-10,12-15,20-23H,3-8,11,16-19H2,1-2H3,(H,35,39)/b24-20+,26-9-,28-10-,36-22-. The number of nitrogens with one attached hydrogen (secondary N) is 1. The zero-order valence-electron chi connectivity index (χ0n) is 24.5. The first-order valence-corrected chi connectivity index (χ1v) is 15.7. The molecule has 1 fully saturated rings. The third kappa shape index (κ3) is 7.55. The zero-order chi connectivity index (χ0) is 29.3. The van der Waals surface area contributed by atoms with Gasteiger partial charge in [0, 0.05) is 54.6 Å². The fraction of sp³-hybridized carbons (Fsp3) is 0.382. The van der Waals surface area contributed by atoms with Crippen molar-refractivity contribution in [3.63, 3.8) is 0 Å². The molecule has 0 spiro atoms. The summed E-state index contributed by atoms with van der Waals surface area (Å²) in [6.45, 7) is 4.55. The average molecular weight is 586 g/mol. The molecule has 0 aliphatic carbocycles. The molecule has 1 amide bonds. The Kier molecular flexibility index (Phi) is 10.2. The molecule has 0 unspecified atom stereocenters. The lowest BCUT2D eigenvalue weighted by molar-refractivity contribution is -0.116. The van der Waals surface area contributed by atoms with Gasteiger partial charge < -0.3 is 19.4 Å². The van der Waals surface area contributed by atoms with E-state index in [1.54, 1.807) is 13.1 Å². The van der Waals surface area contributed by atoms with Gasteiger partial charge in [0.05, 0.1) is 13.2 Å². The third-order valence-corrected chi connectivity index (χ3v) is 8.66. The van der Waals surface area contributed by atoms with E-state index in [0.717, 1.165) is 80.4 Å². The minimum absolute atomic E-state index is 0.00713. The molecule has 0 radical (unpaired) electrons. The van der Waals surface area contributed by atoms with Crippen LogP contribution in [0.2, 0.25) is 0 Å². The molecular formula is C34H39N3O4S. The van der Waals surface area contributed by atoms with Crippen molar-refractivity contribution < 1.29 is 13.9 Å². The van der Waals surface area contributed by atoms with Crippen molar-refractivity contribution in [2.45, 2.75) is 51.9 Å². The van der Waals surface area contributed by atoms with Crippen molar-refractivity contribution in [2.24, 2.45) is 4.99 Å². The number of ether oxygens (including phenoxy) is 1. The second kappa shape index (κ2) is 14.4. The maximum absolute atomic E-state index is 12.8. The summed E-state index contributed by atoms with van der Waals surface area (Å²) in [6.07, 6.45) is 15.3. The Hall–Kier alpha value is -3.75. The number of unbranched alkanes of at least 4 members (excludes halogenated alkanes) is 1. The molecule has 0 bridgehead atoms. The normalized spacial score (nSPS) is 19.7. The molecule has 7 nitrogen and oxygen atoms in total. The predicted octanol–water partition coefficient (Wildman–Crippen LogP) is 6.83. The summed E-state index contributed by atoms with van der Waals surface area (Å²) < 4.78 is 12.4. The van der Waals surface area contributed by atoms with E-state index in [0.29, 0.717) is 35.0 Å². The Balaban J connectivity index is 1.18. The summed E-state index contributed by atoms with van der Waals surface area (Å²) in [4.78, 5) is 31.5. The van der Waals surface area contributed by atoms with E-state index in [9.17, 15) is 9.59 Å². The zero-order valence-corrected chi connectivity index (χ0v) is 25.3. The van der Waals surface area contributed by atoms with Crippen LogP contribution in [0.4, 0.5) is 5.88 Å². The van der Waals surface area contributed by atoms with Crippen LogP contribution in [0.15, 0.2) is 85.0 Å². The highest BCUT2D eigenvalue weighted by atomic mass is 32.1. The monoisotopic (exact) mass is 585 g/mol. The van der Waals surface area contributed by atoms with Gasteiger partial charge in [0.1, 0.15) is 4.70 Å². The number of benzene rings is 1. The lowest BCUT2D eigenvalue weighted by atomic mass is 10.0. The predicted molar refractivity (Wildman–Crippen MR) is 173 cm³/mol. The number of amides is 1. The van der Waals surface area contributed by atoms with Gasteiger partial charge in [-0.15, -0.1) is 11.3 Å². The van der Waals surface area contributed by atoms with Crippen LogP contribution in [-0.4, -0.2) is 45.5 Å². The number of carbonyl (C=O) groups excluding carboxylic acids is 1. The van der Waals surface area contributed by atoms with Gasteiger partial charge >= 0.3 is 0 Å². The molecule has 2 aliphatic heterocycles. The van der Waals surface area contributed by atoms with Crippen molar-refractivity contribution in [3.05, 3.63) is 86.6 Å². The summed E-state index contributed by atoms with van der Waals surface area (Å²) in [5, 5.41) is 4.70. The van der Waals surface area contributed by atoms with Gasteiger partial charge in [-0.25, -0.2) is 0 Å². The molecule has 220 valence electrons. The molecule has 1 N–H and O–H groups in total. The number of aliphatic imine (C=N–C) groups is 1. The SMILES string of the molecule is CNC(=O)/C(C)=C/C1=C/CCC\C=C(CCCCc2ccc(-c3csc4c(=O)cc(N5CCOCC5)oc34)cc2)/N=C\1. The number of hydrogen-bond donors (Lipinski definition) is 1. The molecule has 0 atom stereocenters. The van der Waals surface area contributed by atoms with Gasteiger partial charge in [0.2, 0.25) is 11.3 Å². The summed E-state index contributed by atoms with van der Waals surface area (Å²) in [6, 6.07) is 10.2. The molecule has 1 aromatic carbocycles. The first kappa shape index (κ1) is 29.7. The Morgan fingerprint density at radius 2 is 1.86 bits per heavy atom. The van der Waals surface area contributed by atoms with Crippen LogP contribution in [-0.2, 0) is 16.0 Å². The van der Waals surface area contributed by atoms with Crippen LogP contribution >= 0.6 is 11.3 Å². The number of nitrogens with zero attached hydrogens (tertiary/aromatic N) is 2. The van der Waals surface area contributed by atoms with Crippen LogP contribution in [0.3, 0.4) is 0 Å². The number of anilines is 1. The van der Waals surface area contributed by atoms with Crippen LogP contribution < -0.4 is 15.6 Å². The molecule has 1 saturated heterocycles. The number of carbonyl (C=O) groups is 1. The van der Waals surface area contributed by atoms with Crippen molar-refractivity contribution in [1.82, 2.24) is 5.32 Å². The summed E-state index contributed by atoms with van der Waals surface area (Å²) in [7, 11) is 1.65. The minimum Gasteiger partial charge on any atom is -0.439 e. The number of thiophene rings is 1. The van der Waals surface area contributed by atoms with Crippen LogP contribution in [0.5, 0.6) is 0 Å². The summed E-state index contributed by atoms with van der Waals surface area (Å²) >= 11 is 1.44. The van der Waals surface area contributed by atoms with Gasteiger partial charge in [0.15, 0.2) is 11.5 Å². The lowest BCUT2D eigenvalue weighted by Gasteiger charge is -2.27. The topological polar surface area (TPSA) is 84.1 Å². The number of hydrogen-bond acceptors (Lipinski definition) is 7. The van der Waals surface area contributed by atoms with Gasteiger partial charge in [-0.05, 0) is 74.6 Å².